The van der Waals surface area contributed by atoms with E-state index in [4.69, 9.17) is 16.3 Å². The van der Waals surface area contributed by atoms with Gasteiger partial charge in [0, 0.05) is 22.0 Å². The van der Waals surface area contributed by atoms with E-state index in [-0.39, 0.29) is 15.8 Å². The van der Waals surface area contributed by atoms with Crippen molar-refractivity contribution < 1.29 is 18.7 Å². The van der Waals surface area contributed by atoms with Crippen LogP contribution < -0.4 is 4.90 Å². The van der Waals surface area contributed by atoms with Crippen molar-refractivity contribution in [2.24, 2.45) is 0 Å². The number of likely N-dealkylation sites (N-methyl/N-ethyl adjacent to an activating group) is 1. The van der Waals surface area contributed by atoms with Gasteiger partial charge in [-0.1, -0.05) is 48.0 Å². The summed E-state index contributed by atoms with van der Waals surface area (Å²) in [5, 5.41) is 2.74. The smallest absolute Gasteiger partial charge is 0.350 e. The zero-order valence-corrected chi connectivity index (χ0v) is 17.6. The second-order valence-electron chi connectivity index (χ2n) is 6.60. The summed E-state index contributed by atoms with van der Waals surface area (Å²) in [7, 11) is 0. The number of carbonyl (C=O) groups excluding carboxylic acids is 2. The second kappa shape index (κ2) is 8.42. The fourth-order valence-corrected chi connectivity index (χ4v) is 4.79. The van der Waals surface area contributed by atoms with Gasteiger partial charge < -0.3 is 9.64 Å². The lowest BCUT2D eigenvalue weighted by atomic mass is 10.1. The maximum absolute atomic E-state index is 13.4. The summed E-state index contributed by atoms with van der Waals surface area (Å²) in [6.45, 7) is 1.86. The number of thiophene rings is 1. The molecule has 0 unspecified atom stereocenters. The Morgan fingerprint density at radius 1 is 1.07 bits per heavy atom. The first-order valence-corrected chi connectivity index (χ1v) is 10.5. The number of anilines is 1. The number of benzene rings is 3. The molecule has 1 aromatic heterocycles. The monoisotopic (exact) mass is 441 g/mol. The summed E-state index contributed by atoms with van der Waals surface area (Å²) in [5.41, 5.74) is 0.756. The van der Waals surface area contributed by atoms with E-state index < -0.39 is 18.4 Å². The minimum atomic E-state index is -0.705. The minimum absolute atomic E-state index is 0.151. The third-order valence-corrected chi connectivity index (χ3v) is 6.42. The van der Waals surface area contributed by atoms with E-state index in [1.54, 1.807) is 4.90 Å². The molecule has 0 radical (unpaired) electrons. The summed E-state index contributed by atoms with van der Waals surface area (Å²) in [4.78, 5) is 27.1. The van der Waals surface area contributed by atoms with Gasteiger partial charge in [-0.05, 0) is 36.6 Å². The highest BCUT2D eigenvalue weighted by atomic mass is 35.5. The summed E-state index contributed by atoms with van der Waals surface area (Å²) >= 11 is 7.30. The third kappa shape index (κ3) is 3.76. The molecule has 1 heterocycles. The Morgan fingerprint density at radius 2 is 1.83 bits per heavy atom. The highest BCUT2D eigenvalue weighted by Gasteiger charge is 2.22. The van der Waals surface area contributed by atoms with Crippen molar-refractivity contribution in [3.8, 4) is 0 Å². The zero-order chi connectivity index (χ0) is 21.3. The number of rotatable bonds is 5. The van der Waals surface area contributed by atoms with Crippen LogP contribution in [0, 0.1) is 5.82 Å². The molecule has 3 aromatic carbocycles. The van der Waals surface area contributed by atoms with Gasteiger partial charge in [0.2, 0.25) is 0 Å². The Labute approximate surface area is 181 Å². The maximum Gasteiger partial charge on any atom is 0.350 e. The number of nitrogens with zero attached hydrogens (tertiary/aromatic N) is 1. The number of esters is 1. The van der Waals surface area contributed by atoms with Crippen LogP contribution in [0.3, 0.4) is 0 Å². The molecule has 0 aliphatic heterocycles. The molecule has 152 valence electrons. The van der Waals surface area contributed by atoms with Crippen LogP contribution in [0.2, 0.25) is 5.02 Å². The first-order valence-electron chi connectivity index (χ1n) is 9.32. The molecular formula is C23H17ClFNO3S. The van der Waals surface area contributed by atoms with Crippen molar-refractivity contribution in [3.63, 3.8) is 0 Å². The van der Waals surface area contributed by atoms with Crippen LogP contribution in [0.25, 0.3) is 20.9 Å². The molecule has 0 saturated carbocycles. The van der Waals surface area contributed by atoms with Crippen molar-refractivity contribution in [3.05, 3.63) is 76.4 Å². The predicted octanol–water partition coefficient (Wildman–Crippen LogP) is 6.06. The Bertz CT molecular complexity index is 1260. The molecule has 0 aliphatic rings. The van der Waals surface area contributed by atoms with Gasteiger partial charge >= 0.3 is 5.97 Å². The van der Waals surface area contributed by atoms with Crippen LogP contribution in [0.4, 0.5) is 10.1 Å². The number of amides is 1. The van der Waals surface area contributed by atoms with Crippen LogP contribution in [-0.4, -0.2) is 25.0 Å². The quantitative estimate of drug-likeness (QED) is 0.354. The number of ether oxygens (including phenoxy) is 1. The Balaban J connectivity index is 1.53. The van der Waals surface area contributed by atoms with E-state index in [1.165, 1.54) is 18.2 Å². The van der Waals surface area contributed by atoms with Crippen molar-refractivity contribution in [1.29, 1.82) is 0 Å². The van der Waals surface area contributed by atoms with Gasteiger partial charge in [-0.25, -0.2) is 9.18 Å². The number of carbonyl (C=O) groups is 2. The molecular weight excluding hydrogens is 425 g/mol. The van der Waals surface area contributed by atoms with E-state index in [2.05, 4.69) is 0 Å². The van der Waals surface area contributed by atoms with Gasteiger partial charge in [0.1, 0.15) is 10.7 Å². The van der Waals surface area contributed by atoms with Gasteiger partial charge in [-0.15, -0.1) is 11.3 Å². The number of hydrogen-bond acceptors (Lipinski definition) is 4. The highest BCUT2D eigenvalue weighted by Crippen LogP contribution is 2.36. The lowest BCUT2D eigenvalue weighted by molar-refractivity contribution is -0.121. The van der Waals surface area contributed by atoms with Crippen LogP contribution in [-0.2, 0) is 9.53 Å². The van der Waals surface area contributed by atoms with Gasteiger partial charge in [0.25, 0.3) is 5.91 Å². The summed E-state index contributed by atoms with van der Waals surface area (Å²) < 4.78 is 19.2. The van der Waals surface area contributed by atoms with Crippen molar-refractivity contribution in [1.82, 2.24) is 0 Å². The molecule has 0 spiro atoms. The summed E-state index contributed by atoms with van der Waals surface area (Å²) in [5.74, 6) is -1.46. The van der Waals surface area contributed by atoms with Crippen LogP contribution >= 0.6 is 22.9 Å². The van der Waals surface area contributed by atoms with Crippen LogP contribution in [0.5, 0.6) is 0 Å². The summed E-state index contributed by atoms with van der Waals surface area (Å²) in [6.07, 6.45) is 0. The van der Waals surface area contributed by atoms with Gasteiger partial charge in [-0.3, -0.25) is 4.79 Å². The molecule has 4 rings (SSSR count). The largest absolute Gasteiger partial charge is 0.451 e. The molecule has 7 heteroatoms. The molecule has 0 N–H and O–H groups in total. The zero-order valence-electron chi connectivity index (χ0n) is 16.0. The lowest BCUT2D eigenvalue weighted by Gasteiger charge is -2.22. The van der Waals surface area contributed by atoms with E-state index in [9.17, 15) is 14.0 Å². The predicted molar refractivity (Wildman–Crippen MR) is 119 cm³/mol. The topological polar surface area (TPSA) is 46.6 Å². The van der Waals surface area contributed by atoms with E-state index in [1.807, 2.05) is 49.4 Å². The fraction of sp³-hybridized carbons (Fsp3) is 0.130. The third-order valence-electron chi connectivity index (χ3n) is 4.78. The molecule has 1 amide bonds. The molecule has 0 bridgehead atoms. The van der Waals surface area contributed by atoms with E-state index in [0.29, 0.717) is 16.6 Å². The van der Waals surface area contributed by atoms with Crippen LogP contribution in [0.15, 0.2) is 60.7 Å². The molecule has 0 atom stereocenters. The first kappa shape index (κ1) is 20.3. The Morgan fingerprint density at radius 3 is 2.63 bits per heavy atom. The number of hydrogen-bond donors (Lipinski definition) is 0. The lowest BCUT2D eigenvalue weighted by Crippen LogP contribution is -2.34. The van der Waals surface area contributed by atoms with E-state index >= 15 is 0 Å². The van der Waals surface area contributed by atoms with Crippen molar-refractivity contribution >= 4 is 61.4 Å². The maximum atomic E-state index is 13.4. The average molecular weight is 442 g/mol. The van der Waals surface area contributed by atoms with Crippen molar-refractivity contribution in [2.75, 3.05) is 18.1 Å². The van der Waals surface area contributed by atoms with E-state index in [0.717, 1.165) is 27.8 Å². The molecule has 0 fully saturated rings. The first-order chi connectivity index (χ1) is 14.5. The Kier molecular flexibility index (Phi) is 5.70. The second-order valence-corrected chi connectivity index (χ2v) is 8.03. The van der Waals surface area contributed by atoms with Gasteiger partial charge in [0.05, 0.1) is 10.7 Å². The number of halogens is 2. The van der Waals surface area contributed by atoms with Crippen molar-refractivity contribution in [2.45, 2.75) is 6.92 Å². The molecule has 4 nitrogen and oxygen atoms in total. The fourth-order valence-electron chi connectivity index (χ4n) is 3.37. The standard InChI is InChI=1S/C23H17ClFNO3S/c1-2-26(18-9-5-7-14-6-3-4-8-16(14)18)20(27)13-29-23(28)22-21(24)17-11-10-15(25)12-19(17)30-22/h3-12H,2,13H2,1H3. The Hall–Kier alpha value is -2.96. The van der Waals surface area contributed by atoms with Gasteiger partial charge in [-0.2, -0.15) is 0 Å². The molecule has 0 aliphatic carbocycles. The minimum Gasteiger partial charge on any atom is -0.451 e. The molecule has 30 heavy (non-hydrogen) atoms. The summed E-state index contributed by atoms with van der Waals surface area (Å²) in [6, 6.07) is 17.6. The molecule has 0 saturated heterocycles. The molecule has 4 aromatic rings. The average Bonchev–Trinajstić information content (AvgIpc) is 3.08. The normalized spacial score (nSPS) is 11.0. The number of fused-ring (bicyclic) bond motifs is 2. The highest BCUT2D eigenvalue weighted by molar-refractivity contribution is 7.21. The van der Waals surface area contributed by atoms with Crippen LogP contribution in [0.1, 0.15) is 16.6 Å². The van der Waals surface area contributed by atoms with Gasteiger partial charge in [0.15, 0.2) is 6.61 Å². The SMILES string of the molecule is CCN(C(=O)COC(=O)c1sc2cc(F)ccc2c1Cl)c1cccc2ccccc12.